The van der Waals surface area contributed by atoms with Gasteiger partial charge in [0.2, 0.25) is 5.95 Å². The zero-order chi connectivity index (χ0) is 37.5. The maximum absolute atomic E-state index is 7.00. The summed E-state index contributed by atoms with van der Waals surface area (Å²) in [6, 6.07) is 63.7. The molecule has 0 N–H and O–H groups in total. The maximum atomic E-state index is 7.00. The Labute approximate surface area is 330 Å². The lowest BCUT2D eigenvalue weighted by molar-refractivity contribution is 0.672. The lowest BCUT2D eigenvalue weighted by atomic mass is 9.99. The summed E-state index contributed by atoms with van der Waals surface area (Å²) >= 11 is 1.80. The molecule has 266 valence electrons. The standard InChI is InChI=1S/C51H30N4OS/c1-4-14-31(15-5-1)35-21-13-25-43-45(35)41-27-26-34(30-44(41)57-43)50-52-49(33-18-8-3-9-19-33)53-51(54-50)55-42-24-11-10-20-37(42)38-28-29-40-39-23-12-22-36(32-16-6-2-7-17-32)47(39)56-48(40)46(38)55/h1-30H. The van der Waals surface area contributed by atoms with Gasteiger partial charge in [-0.05, 0) is 41.0 Å². The van der Waals surface area contributed by atoms with E-state index >= 15 is 0 Å². The molecule has 0 spiro atoms. The van der Waals surface area contributed by atoms with Crippen LogP contribution in [0, 0.1) is 0 Å². The van der Waals surface area contributed by atoms with Crippen molar-refractivity contribution in [2.24, 2.45) is 0 Å². The molecule has 0 bridgehead atoms. The van der Waals surface area contributed by atoms with Crippen LogP contribution in [-0.4, -0.2) is 19.5 Å². The molecule has 0 fully saturated rings. The van der Waals surface area contributed by atoms with Crippen molar-refractivity contribution in [2.75, 3.05) is 0 Å². The first kappa shape index (κ1) is 31.9. The fourth-order valence-electron chi connectivity index (χ4n) is 8.49. The monoisotopic (exact) mass is 746 g/mol. The quantitative estimate of drug-likeness (QED) is 0.176. The lowest BCUT2D eigenvalue weighted by Gasteiger charge is -2.11. The molecular formula is C51H30N4OS. The third-order valence-electron chi connectivity index (χ3n) is 11.1. The predicted octanol–water partition coefficient (Wildman–Crippen LogP) is 13.9. The SMILES string of the molecule is c1ccc(-c2nc(-c3ccc4c(c3)sc3cccc(-c5ccccc5)c34)nc(-n3c4ccccc4c4ccc5c6cccc(-c7ccccc7)c6oc5c43)n2)cc1. The molecule has 57 heavy (non-hydrogen) atoms. The van der Waals surface area contributed by atoms with Crippen LogP contribution in [0.3, 0.4) is 0 Å². The van der Waals surface area contributed by atoms with Crippen molar-refractivity contribution in [2.45, 2.75) is 0 Å². The Bertz CT molecular complexity index is 3510. The Kier molecular flexibility index (Phi) is 7.03. The summed E-state index contributed by atoms with van der Waals surface area (Å²) in [4.78, 5) is 15.7. The number of fused-ring (bicyclic) bond motifs is 10. The summed E-state index contributed by atoms with van der Waals surface area (Å²) in [6.45, 7) is 0. The van der Waals surface area contributed by atoms with Crippen LogP contribution in [0.2, 0.25) is 0 Å². The van der Waals surface area contributed by atoms with Gasteiger partial charge in [0, 0.05) is 58.4 Å². The van der Waals surface area contributed by atoms with E-state index in [2.05, 4.69) is 162 Å². The van der Waals surface area contributed by atoms with Gasteiger partial charge in [0.25, 0.3) is 0 Å². The molecule has 0 radical (unpaired) electrons. The number of rotatable bonds is 5. The van der Waals surface area contributed by atoms with Gasteiger partial charge in [0.15, 0.2) is 17.2 Å². The first-order chi connectivity index (χ1) is 28.3. The fraction of sp³-hybridized carbons (Fsp3) is 0. The van der Waals surface area contributed by atoms with Gasteiger partial charge in [0.05, 0.1) is 5.52 Å². The highest BCUT2D eigenvalue weighted by molar-refractivity contribution is 7.26. The number of furan rings is 1. The van der Waals surface area contributed by atoms with E-state index in [1.165, 1.54) is 31.3 Å². The van der Waals surface area contributed by atoms with Gasteiger partial charge < -0.3 is 4.42 Å². The molecule has 0 aliphatic rings. The van der Waals surface area contributed by atoms with E-state index in [-0.39, 0.29) is 0 Å². The molecule has 0 aliphatic heterocycles. The second-order valence-electron chi connectivity index (χ2n) is 14.3. The van der Waals surface area contributed by atoms with E-state index in [0.717, 1.165) is 66.0 Å². The number of aromatic nitrogens is 4. The van der Waals surface area contributed by atoms with Gasteiger partial charge in [0.1, 0.15) is 11.1 Å². The minimum absolute atomic E-state index is 0.532. The van der Waals surface area contributed by atoms with E-state index in [1.54, 1.807) is 11.3 Å². The summed E-state index contributed by atoms with van der Waals surface area (Å²) in [5.41, 5.74) is 10.0. The number of nitrogens with zero attached hydrogens (tertiary/aromatic N) is 4. The molecule has 0 saturated carbocycles. The van der Waals surface area contributed by atoms with E-state index < -0.39 is 0 Å². The summed E-state index contributed by atoms with van der Waals surface area (Å²) in [5.74, 6) is 1.74. The molecule has 12 aromatic rings. The van der Waals surface area contributed by atoms with E-state index in [0.29, 0.717) is 17.6 Å². The van der Waals surface area contributed by atoms with Crippen LogP contribution in [0.5, 0.6) is 0 Å². The highest BCUT2D eigenvalue weighted by Crippen LogP contribution is 2.44. The van der Waals surface area contributed by atoms with Crippen molar-refractivity contribution in [1.82, 2.24) is 19.5 Å². The molecule has 0 saturated heterocycles. The molecule has 4 aromatic heterocycles. The number of hydrogen-bond acceptors (Lipinski definition) is 5. The Morgan fingerprint density at radius 2 is 1.00 bits per heavy atom. The van der Waals surface area contributed by atoms with Crippen LogP contribution < -0.4 is 0 Å². The first-order valence-electron chi connectivity index (χ1n) is 19.0. The summed E-state index contributed by atoms with van der Waals surface area (Å²) in [5, 5.41) is 6.78. The van der Waals surface area contributed by atoms with Crippen LogP contribution in [0.4, 0.5) is 0 Å². The minimum Gasteiger partial charge on any atom is -0.453 e. The number of para-hydroxylation sites is 2. The molecule has 6 heteroatoms. The maximum Gasteiger partial charge on any atom is 0.238 e. The minimum atomic E-state index is 0.532. The molecule has 12 rings (SSSR count). The average molecular weight is 747 g/mol. The number of benzene rings is 8. The van der Waals surface area contributed by atoms with Crippen molar-refractivity contribution in [3.8, 4) is 51.0 Å². The van der Waals surface area contributed by atoms with Crippen molar-refractivity contribution in [3.05, 3.63) is 182 Å². The van der Waals surface area contributed by atoms with Crippen molar-refractivity contribution >= 4 is 75.3 Å². The first-order valence-corrected chi connectivity index (χ1v) is 19.8. The Morgan fingerprint density at radius 1 is 0.404 bits per heavy atom. The zero-order valence-corrected chi connectivity index (χ0v) is 31.2. The summed E-state index contributed by atoms with van der Waals surface area (Å²) in [6.07, 6.45) is 0. The van der Waals surface area contributed by atoms with Gasteiger partial charge in [-0.1, -0.05) is 158 Å². The Morgan fingerprint density at radius 3 is 1.79 bits per heavy atom. The molecule has 0 unspecified atom stereocenters. The van der Waals surface area contributed by atoms with Gasteiger partial charge in [-0.3, -0.25) is 4.57 Å². The Hall–Kier alpha value is -7.41. The molecule has 0 amide bonds. The topological polar surface area (TPSA) is 56.7 Å². The molecule has 0 atom stereocenters. The molecule has 0 aliphatic carbocycles. The Balaban J connectivity index is 1.12. The van der Waals surface area contributed by atoms with Crippen LogP contribution in [0.15, 0.2) is 186 Å². The fourth-order valence-corrected chi connectivity index (χ4v) is 9.66. The molecular weight excluding hydrogens is 717 g/mol. The molecule has 5 nitrogen and oxygen atoms in total. The van der Waals surface area contributed by atoms with Gasteiger partial charge >= 0.3 is 0 Å². The normalized spacial score (nSPS) is 11.9. The summed E-state index contributed by atoms with van der Waals surface area (Å²) in [7, 11) is 0. The molecule has 8 aromatic carbocycles. The van der Waals surface area contributed by atoms with Crippen LogP contribution in [0.1, 0.15) is 0 Å². The van der Waals surface area contributed by atoms with E-state index in [1.807, 2.05) is 24.3 Å². The third-order valence-corrected chi connectivity index (χ3v) is 12.2. The van der Waals surface area contributed by atoms with E-state index in [4.69, 9.17) is 19.4 Å². The highest BCUT2D eigenvalue weighted by atomic mass is 32.1. The smallest absolute Gasteiger partial charge is 0.238 e. The van der Waals surface area contributed by atoms with Crippen molar-refractivity contribution in [1.29, 1.82) is 0 Å². The van der Waals surface area contributed by atoms with Gasteiger partial charge in [-0.2, -0.15) is 9.97 Å². The van der Waals surface area contributed by atoms with Crippen LogP contribution in [0.25, 0.3) is 115 Å². The van der Waals surface area contributed by atoms with Crippen LogP contribution >= 0.6 is 11.3 Å². The summed E-state index contributed by atoms with van der Waals surface area (Å²) < 4.78 is 11.6. The zero-order valence-electron chi connectivity index (χ0n) is 30.4. The van der Waals surface area contributed by atoms with Crippen molar-refractivity contribution in [3.63, 3.8) is 0 Å². The third kappa shape index (κ3) is 4.98. The predicted molar refractivity (Wildman–Crippen MR) is 236 cm³/mol. The van der Waals surface area contributed by atoms with Crippen molar-refractivity contribution < 1.29 is 4.42 Å². The van der Waals surface area contributed by atoms with E-state index in [9.17, 15) is 0 Å². The van der Waals surface area contributed by atoms with Crippen LogP contribution in [-0.2, 0) is 0 Å². The second-order valence-corrected chi connectivity index (χ2v) is 15.4. The highest BCUT2D eigenvalue weighted by Gasteiger charge is 2.23. The number of thiophene rings is 1. The molecule has 4 heterocycles. The largest absolute Gasteiger partial charge is 0.453 e. The number of hydrogen-bond donors (Lipinski definition) is 0. The lowest BCUT2D eigenvalue weighted by Crippen LogP contribution is -2.06. The van der Waals surface area contributed by atoms with Gasteiger partial charge in [-0.25, -0.2) is 4.98 Å². The second kappa shape index (κ2) is 12.6. The average Bonchev–Trinajstić information content (AvgIpc) is 3.96. The van der Waals surface area contributed by atoms with Gasteiger partial charge in [-0.15, -0.1) is 11.3 Å².